The number of nitrogens with one attached hydrogen (secondary N) is 1. The lowest BCUT2D eigenvalue weighted by atomic mass is 10.3. The molecule has 0 bridgehead atoms. The van der Waals surface area contributed by atoms with Crippen LogP contribution < -0.4 is 17.0 Å². The normalized spacial score (nSPS) is 10.3. The van der Waals surface area contributed by atoms with Crippen molar-refractivity contribution in [2.75, 3.05) is 5.73 Å². The molecule has 0 aliphatic carbocycles. The molecule has 0 radical (unpaired) electrons. The highest BCUT2D eigenvalue weighted by Gasteiger charge is 2.14. The number of hydrogen-bond donors (Lipinski definition) is 2. The van der Waals surface area contributed by atoms with Crippen LogP contribution in [0.3, 0.4) is 0 Å². The highest BCUT2D eigenvalue weighted by atomic mass is 35.5. The van der Waals surface area contributed by atoms with Gasteiger partial charge in [-0.2, -0.15) is 0 Å². The largest absolute Gasteiger partial charge is 0.383 e. The summed E-state index contributed by atoms with van der Waals surface area (Å²) < 4.78 is 0.948. The Morgan fingerprint density at radius 3 is 2.67 bits per heavy atom. The quantitative estimate of drug-likeness (QED) is 0.795. The number of aromatic nitrogens is 2. The summed E-state index contributed by atoms with van der Waals surface area (Å²) >= 11 is 5.79. The van der Waals surface area contributed by atoms with Crippen molar-refractivity contribution < 1.29 is 0 Å². The second-order valence-electron chi connectivity index (χ2n) is 3.40. The molecule has 8 heteroatoms. The number of hydrogen-bond acceptors (Lipinski definition) is 5. The molecule has 0 spiro atoms. The number of nitrogens with two attached hydrogens (primary N) is 1. The number of nitrogen functional groups attached to an aromatic ring is 1. The minimum absolute atomic E-state index is 0.325. The third-order valence-corrected chi connectivity index (χ3v) is 2.51. The van der Waals surface area contributed by atoms with Gasteiger partial charge in [0.15, 0.2) is 0 Å². The van der Waals surface area contributed by atoms with Crippen LogP contribution in [-0.4, -0.2) is 9.55 Å². The van der Waals surface area contributed by atoms with E-state index in [2.05, 4.69) is 5.18 Å². The summed E-state index contributed by atoms with van der Waals surface area (Å²) in [6, 6.07) is 6.22. The average Bonchev–Trinajstić information content (AvgIpc) is 2.28. The van der Waals surface area contributed by atoms with Gasteiger partial charge in [-0.05, 0) is 23.4 Å². The third-order valence-electron chi connectivity index (χ3n) is 2.28. The summed E-state index contributed by atoms with van der Waals surface area (Å²) in [7, 11) is 0. The fourth-order valence-electron chi connectivity index (χ4n) is 1.50. The summed E-state index contributed by atoms with van der Waals surface area (Å²) in [6.07, 6.45) is 0. The molecule has 0 saturated carbocycles. The first-order valence-electron chi connectivity index (χ1n) is 4.78. The summed E-state index contributed by atoms with van der Waals surface area (Å²) in [6.45, 7) is 0. The van der Waals surface area contributed by atoms with Crippen molar-refractivity contribution in [2.45, 2.75) is 0 Å². The number of halogens is 1. The zero-order valence-corrected chi connectivity index (χ0v) is 9.64. The van der Waals surface area contributed by atoms with Crippen molar-refractivity contribution in [3.05, 3.63) is 55.0 Å². The lowest BCUT2D eigenvalue weighted by Gasteiger charge is -2.09. The fraction of sp³-hybridized carbons (Fsp3) is 0. The molecular weight excluding hydrogens is 260 g/mol. The van der Waals surface area contributed by atoms with E-state index >= 15 is 0 Å². The Kier molecular flexibility index (Phi) is 2.99. The van der Waals surface area contributed by atoms with Crippen molar-refractivity contribution >= 4 is 23.1 Å². The Bertz CT molecular complexity index is 735. The van der Waals surface area contributed by atoms with E-state index in [1.807, 2.05) is 4.98 Å². The molecule has 1 aromatic heterocycles. The molecule has 2 aromatic rings. The van der Waals surface area contributed by atoms with Gasteiger partial charge >= 0.3 is 5.69 Å². The van der Waals surface area contributed by atoms with Crippen LogP contribution in [0.1, 0.15) is 0 Å². The maximum atomic E-state index is 11.7. The predicted octanol–water partition coefficient (Wildman–Crippen LogP) is 1.16. The third kappa shape index (κ3) is 1.91. The molecule has 92 valence electrons. The molecule has 2 rings (SSSR count). The zero-order valence-electron chi connectivity index (χ0n) is 8.88. The minimum atomic E-state index is -0.925. The number of H-pyrrole nitrogens is 1. The molecule has 3 N–H and O–H groups in total. The highest BCUT2D eigenvalue weighted by Crippen LogP contribution is 2.19. The highest BCUT2D eigenvalue weighted by molar-refractivity contribution is 6.30. The average molecular weight is 267 g/mol. The van der Waals surface area contributed by atoms with Crippen molar-refractivity contribution in [2.24, 2.45) is 5.18 Å². The Balaban J connectivity index is 2.84. The van der Waals surface area contributed by atoms with E-state index in [-0.39, 0.29) is 5.82 Å². The molecule has 0 atom stereocenters. The van der Waals surface area contributed by atoms with Gasteiger partial charge in [0.25, 0.3) is 5.56 Å². The maximum absolute atomic E-state index is 11.7. The van der Waals surface area contributed by atoms with Gasteiger partial charge in [-0.1, -0.05) is 17.7 Å². The second-order valence-corrected chi connectivity index (χ2v) is 3.84. The second kappa shape index (κ2) is 4.46. The summed E-state index contributed by atoms with van der Waals surface area (Å²) in [4.78, 5) is 35.4. The Labute approximate surface area is 105 Å². The van der Waals surface area contributed by atoms with E-state index in [9.17, 15) is 14.5 Å². The first-order valence-corrected chi connectivity index (χ1v) is 5.16. The lowest BCUT2D eigenvalue weighted by Crippen LogP contribution is -2.30. The van der Waals surface area contributed by atoms with E-state index in [4.69, 9.17) is 17.3 Å². The number of rotatable bonds is 2. The first-order chi connectivity index (χ1) is 8.54. The van der Waals surface area contributed by atoms with Gasteiger partial charge in [0.05, 0.1) is 5.69 Å². The van der Waals surface area contributed by atoms with Crippen LogP contribution in [-0.2, 0) is 0 Å². The molecule has 18 heavy (non-hydrogen) atoms. The van der Waals surface area contributed by atoms with Crippen LogP contribution in [0.2, 0.25) is 5.02 Å². The van der Waals surface area contributed by atoms with Gasteiger partial charge in [0.2, 0.25) is 5.69 Å². The number of anilines is 1. The van der Waals surface area contributed by atoms with Crippen LogP contribution >= 0.6 is 11.6 Å². The van der Waals surface area contributed by atoms with E-state index in [0.29, 0.717) is 10.7 Å². The van der Waals surface area contributed by atoms with Crippen LogP contribution in [0.15, 0.2) is 39.0 Å². The topological polar surface area (TPSA) is 110 Å². The van der Waals surface area contributed by atoms with Crippen molar-refractivity contribution in [1.29, 1.82) is 0 Å². The first kappa shape index (κ1) is 12.1. The van der Waals surface area contributed by atoms with E-state index in [1.165, 1.54) is 6.07 Å². The van der Waals surface area contributed by atoms with Gasteiger partial charge in [-0.25, -0.2) is 9.36 Å². The fourth-order valence-corrected chi connectivity index (χ4v) is 1.69. The minimum Gasteiger partial charge on any atom is -0.383 e. The molecule has 0 amide bonds. The standard InChI is InChI=1S/C10H7ClN4O3/c11-5-2-1-3-6(4-5)15-8(12)7(14-18)9(16)13-10(15)17/h1-4H,12H2,(H,13,16,17). The van der Waals surface area contributed by atoms with Crippen LogP contribution in [0.4, 0.5) is 11.5 Å². The number of aromatic amines is 1. The zero-order chi connectivity index (χ0) is 13.3. The van der Waals surface area contributed by atoms with Gasteiger partial charge in [0.1, 0.15) is 5.82 Å². The molecule has 1 heterocycles. The SMILES string of the molecule is Nc1c(N=O)c(=O)[nH]c(=O)n1-c1cccc(Cl)c1. The van der Waals surface area contributed by atoms with Crippen LogP contribution in [0.5, 0.6) is 0 Å². The smallest absolute Gasteiger partial charge is 0.334 e. The van der Waals surface area contributed by atoms with Gasteiger partial charge < -0.3 is 5.73 Å². The van der Waals surface area contributed by atoms with Crippen LogP contribution in [0.25, 0.3) is 5.69 Å². The lowest BCUT2D eigenvalue weighted by molar-refractivity contribution is 0.908. The molecule has 1 aromatic carbocycles. The molecule has 0 unspecified atom stereocenters. The molecule has 0 saturated heterocycles. The van der Waals surface area contributed by atoms with Gasteiger partial charge in [-0.3, -0.25) is 9.78 Å². The van der Waals surface area contributed by atoms with Crippen LogP contribution in [0, 0.1) is 4.91 Å². The predicted molar refractivity (Wildman–Crippen MR) is 67.5 cm³/mol. The van der Waals surface area contributed by atoms with Gasteiger partial charge in [0, 0.05) is 5.02 Å². The number of nitrogens with zero attached hydrogens (tertiary/aromatic N) is 2. The molecular formula is C10H7ClN4O3. The molecule has 0 fully saturated rings. The number of benzene rings is 1. The molecule has 0 aliphatic heterocycles. The monoisotopic (exact) mass is 266 g/mol. The van der Waals surface area contributed by atoms with E-state index < -0.39 is 16.9 Å². The molecule has 7 nitrogen and oxygen atoms in total. The summed E-state index contributed by atoms with van der Waals surface area (Å²) in [5, 5.41) is 2.89. The van der Waals surface area contributed by atoms with Crippen molar-refractivity contribution in [1.82, 2.24) is 9.55 Å². The Morgan fingerprint density at radius 1 is 1.33 bits per heavy atom. The number of nitroso groups, excluding NO2 is 1. The maximum Gasteiger partial charge on any atom is 0.334 e. The van der Waals surface area contributed by atoms with Gasteiger partial charge in [-0.15, -0.1) is 4.91 Å². The summed E-state index contributed by atoms with van der Waals surface area (Å²) in [5.41, 5.74) is 3.67. The van der Waals surface area contributed by atoms with Crippen molar-refractivity contribution in [3.8, 4) is 5.69 Å². The Hall–Kier alpha value is -2.41. The van der Waals surface area contributed by atoms with Crippen molar-refractivity contribution in [3.63, 3.8) is 0 Å². The summed E-state index contributed by atoms with van der Waals surface area (Å²) in [5.74, 6) is -0.332. The molecule has 0 aliphatic rings. The van der Waals surface area contributed by atoms with E-state index in [1.54, 1.807) is 18.2 Å². The Morgan fingerprint density at radius 2 is 2.06 bits per heavy atom. The van der Waals surface area contributed by atoms with E-state index in [0.717, 1.165) is 4.57 Å².